The van der Waals surface area contributed by atoms with E-state index in [2.05, 4.69) is 19.8 Å². The standard InChI is InChI=1S/C22H30N4O6S2/c1-4-31-17-8-9-18(14-17)32-25-20(21(27)24-22-23-15(2)26-33-22)16-6-10-19(11-7-16)34(28,29)13-5-12-30-3/h6-7,10-11,17-18H,4-5,8-9,12-14H2,1-3H3,(H,23,24,26,27)/b25-20+/t17-,18-/m1/s1. The molecule has 1 aliphatic rings. The van der Waals surface area contributed by atoms with Crippen molar-refractivity contribution in [3.05, 3.63) is 35.7 Å². The Hall–Kier alpha value is -2.41. The lowest BCUT2D eigenvalue weighted by molar-refractivity contribution is -0.110. The van der Waals surface area contributed by atoms with Crippen LogP contribution in [-0.2, 0) is 28.9 Å². The molecule has 1 aromatic carbocycles. The van der Waals surface area contributed by atoms with E-state index in [0.29, 0.717) is 42.6 Å². The molecule has 1 aliphatic carbocycles. The summed E-state index contributed by atoms with van der Waals surface area (Å²) < 4.78 is 39.7. The normalized spacial score (nSPS) is 18.7. The first kappa shape index (κ1) is 26.2. The van der Waals surface area contributed by atoms with Crippen LogP contribution in [0, 0.1) is 6.92 Å². The maximum Gasteiger partial charge on any atom is 0.280 e. The molecule has 1 heterocycles. The van der Waals surface area contributed by atoms with Gasteiger partial charge >= 0.3 is 0 Å². The number of anilines is 1. The molecule has 0 spiro atoms. The van der Waals surface area contributed by atoms with Gasteiger partial charge in [0.1, 0.15) is 11.9 Å². The van der Waals surface area contributed by atoms with Crippen LogP contribution >= 0.6 is 11.5 Å². The van der Waals surface area contributed by atoms with Gasteiger partial charge in [0.15, 0.2) is 15.5 Å². The number of carbonyl (C=O) groups is 1. The Bertz CT molecular complexity index is 1090. The van der Waals surface area contributed by atoms with Crippen LogP contribution in [0.15, 0.2) is 34.3 Å². The lowest BCUT2D eigenvalue weighted by Crippen LogP contribution is -2.25. The number of methoxy groups -OCH3 is 1. The molecule has 1 fully saturated rings. The molecule has 0 bridgehead atoms. The van der Waals surface area contributed by atoms with Crippen LogP contribution in [0.2, 0.25) is 0 Å². The van der Waals surface area contributed by atoms with Crippen LogP contribution in [-0.4, -0.2) is 67.7 Å². The summed E-state index contributed by atoms with van der Waals surface area (Å²) in [7, 11) is -1.93. The minimum atomic E-state index is -3.46. The number of nitrogens with zero attached hydrogens (tertiary/aromatic N) is 3. The highest BCUT2D eigenvalue weighted by Crippen LogP contribution is 2.25. The number of rotatable bonds is 12. The molecule has 2 atom stereocenters. The second kappa shape index (κ2) is 12.3. The lowest BCUT2D eigenvalue weighted by Gasteiger charge is -2.12. The quantitative estimate of drug-likeness (QED) is 0.262. The monoisotopic (exact) mass is 510 g/mol. The van der Waals surface area contributed by atoms with Crippen LogP contribution in [0.25, 0.3) is 0 Å². The molecule has 186 valence electrons. The molecule has 1 saturated carbocycles. The summed E-state index contributed by atoms with van der Waals surface area (Å²) in [5.41, 5.74) is 0.449. The van der Waals surface area contributed by atoms with Crippen molar-refractivity contribution in [3.8, 4) is 0 Å². The number of oxime groups is 1. The van der Waals surface area contributed by atoms with E-state index in [1.165, 1.54) is 19.2 Å². The zero-order valence-corrected chi connectivity index (χ0v) is 21.2. The number of ether oxygens (including phenoxy) is 2. The number of hydrogen-bond donors (Lipinski definition) is 1. The predicted molar refractivity (Wildman–Crippen MR) is 129 cm³/mol. The van der Waals surface area contributed by atoms with Crippen LogP contribution in [0.4, 0.5) is 5.13 Å². The highest BCUT2D eigenvalue weighted by Gasteiger charge is 2.27. The first-order valence-corrected chi connectivity index (χ1v) is 13.5. The van der Waals surface area contributed by atoms with Gasteiger partial charge in [0, 0.05) is 43.8 Å². The number of carbonyl (C=O) groups excluding carboxylic acids is 1. The molecule has 1 amide bonds. The highest BCUT2D eigenvalue weighted by atomic mass is 32.2. The Morgan fingerprint density at radius 2 is 1.97 bits per heavy atom. The van der Waals surface area contributed by atoms with Gasteiger partial charge in [-0.05, 0) is 45.2 Å². The van der Waals surface area contributed by atoms with E-state index in [-0.39, 0.29) is 28.6 Å². The van der Waals surface area contributed by atoms with Gasteiger partial charge in [0.05, 0.1) is 16.8 Å². The molecule has 2 aromatic rings. The fourth-order valence-corrected chi connectivity index (χ4v) is 5.43. The summed E-state index contributed by atoms with van der Waals surface area (Å²) in [5, 5.41) is 7.19. The van der Waals surface area contributed by atoms with E-state index < -0.39 is 15.7 Å². The SMILES string of the molecule is CCO[C@@H]1CC[C@@H](O/N=C(/C(=O)Nc2nc(C)ns2)c2ccc(S(=O)(=O)CCCOC)cc2)C1. The van der Waals surface area contributed by atoms with Crippen LogP contribution < -0.4 is 5.32 Å². The van der Waals surface area contributed by atoms with E-state index in [9.17, 15) is 13.2 Å². The van der Waals surface area contributed by atoms with E-state index >= 15 is 0 Å². The van der Waals surface area contributed by atoms with E-state index in [4.69, 9.17) is 14.3 Å². The summed E-state index contributed by atoms with van der Waals surface area (Å²) in [4.78, 5) is 23.0. The second-order valence-corrected chi connectivity index (χ2v) is 10.7. The smallest absolute Gasteiger partial charge is 0.280 e. The van der Waals surface area contributed by atoms with Crippen LogP contribution in [0.5, 0.6) is 0 Å². The number of benzene rings is 1. The molecule has 10 nitrogen and oxygen atoms in total. The summed E-state index contributed by atoms with van der Waals surface area (Å²) >= 11 is 1.06. The zero-order chi connectivity index (χ0) is 24.6. The van der Waals surface area contributed by atoms with Crippen LogP contribution in [0.1, 0.15) is 44.0 Å². The number of hydrogen-bond acceptors (Lipinski definition) is 10. The summed E-state index contributed by atoms with van der Waals surface area (Å²) in [6.45, 7) is 4.68. The minimum Gasteiger partial charge on any atom is -0.392 e. The third-order valence-electron chi connectivity index (χ3n) is 5.24. The van der Waals surface area contributed by atoms with Crippen molar-refractivity contribution in [3.63, 3.8) is 0 Å². The van der Waals surface area contributed by atoms with Crippen molar-refractivity contribution < 1.29 is 27.5 Å². The molecule has 0 unspecified atom stereocenters. The van der Waals surface area contributed by atoms with Gasteiger partial charge in [-0.25, -0.2) is 13.4 Å². The largest absolute Gasteiger partial charge is 0.392 e. The minimum absolute atomic E-state index is 0.0240. The molecule has 1 N–H and O–H groups in total. The number of aromatic nitrogens is 2. The van der Waals surface area contributed by atoms with Crippen molar-refractivity contribution in [2.24, 2.45) is 5.16 Å². The third kappa shape index (κ3) is 7.29. The molecular formula is C22H30N4O6S2. The average Bonchev–Trinajstić information content (AvgIpc) is 3.43. The first-order chi connectivity index (χ1) is 16.3. The maximum absolute atomic E-state index is 13.0. The summed E-state index contributed by atoms with van der Waals surface area (Å²) in [6, 6.07) is 6.04. The van der Waals surface area contributed by atoms with Crippen molar-refractivity contribution in [2.45, 2.75) is 56.6 Å². The predicted octanol–water partition coefficient (Wildman–Crippen LogP) is 2.97. The molecule has 0 aliphatic heterocycles. The Labute approximate surface area is 203 Å². The molecule has 1 aromatic heterocycles. The van der Waals surface area contributed by atoms with Crippen molar-refractivity contribution in [1.82, 2.24) is 9.36 Å². The van der Waals surface area contributed by atoms with Crippen molar-refractivity contribution in [2.75, 3.05) is 31.4 Å². The molecule has 0 saturated heterocycles. The van der Waals surface area contributed by atoms with Gasteiger partial charge in [-0.3, -0.25) is 10.1 Å². The molecule has 0 radical (unpaired) electrons. The lowest BCUT2D eigenvalue weighted by atomic mass is 10.1. The van der Waals surface area contributed by atoms with Gasteiger partial charge in [-0.2, -0.15) is 4.37 Å². The van der Waals surface area contributed by atoms with E-state index in [1.807, 2.05) is 6.92 Å². The Morgan fingerprint density at radius 1 is 1.24 bits per heavy atom. The second-order valence-electron chi connectivity index (χ2n) is 7.85. The third-order valence-corrected chi connectivity index (χ3v) is 7.78. The average molecular weight is 511 g/mol. The van der Waals surface area contributed by atoms with Gasteiger partial charge in [-0.15, -0.1) is 0 Å². The number of sulfone groups is 1. The number of amides is 1. The Morgan fingerprint density at radius 3 is 2.62 bits per heavy atom. The van der Waals surface area contributed by atoms with Gasteiger partial charge in [-0.1, -0.05) is 17.3 Å². The Balaban J connectivity index is 1.79. The fraction of sp³-hybridized carbons (Fsp3) is 0.545. The van der Waals surface area contributed by atoms with E-state index in [0.717, 1.165) is 24.4 Å². The van der Waals surface area contributed by atoms with E-state index in [1.54, 1.807) is 19.1 Å². The topological polar surface area (TPSA) is 129 Å². The maximum atomic E-state index is 13.0. The fourth-order valence-electron chi connectivity index (χ4n) is 3.57. The summed E-state index contributed by atoms with van der Waals surface area (Å²) in [5.74, 6) is 0.00118. The number of nitrogens with one attached hydrogen (secondary N) is 1. The van der Waals surface area contributed by atoms with Gasteiger partial charge in [0.25, 0.3) is 5.91 Å². The van der Waals surface area contributed by atoms with Crippen molar-refractivity contribution in [1.29, 1.82) is 0 Å². The molecule has 34 heavy (non-hydrogen) atoms. The molecular weight excluding hydrogens is 480 g/mol. The summed E-state index contributed by atoms with van der Waals surface area (Å²) in [6.07, 6.45) is 2.69. The zero-order valence-electron chi connectivity index (χ0n) is 19.5. The van der Waals surface area contributed by atoms with Gasteiger partial charge < -0.3 is 14.3 Å². The number of aryl methyl sites for hydroxylation is 1. The molecule has 12 heteroatoms. The Kier molecular flexibility index (Phi) is 9.51. The first-order valence-electron chi connectivity index (χ1n) is 11.1. The van der Waals surface area contributed by atoms with Gasteiger partial charge in [0.2, 0.25) is 5.13 Å². The van der Waals surface area contributed by atoms with Crippen LogP contribution in [0.3, 0.4) is 0 Å². The molecule has 3 rings (SSSR count). The van der Waals surface area contributed by atoms with Crippen molar-refractivity contribution >= 4 is 38.1 Å². The highest BCUT2D eigenvalue weighted by molar-refractivity contribution is 7.91.